The Labute approximate surface area is 120 Å². The van der Waals surface area contributed by atoms with E-state index >= 15 is 0 Å². The Hall–Kier alpha value is -0.580. The zero-order valence-electron chi connectivity index (χ0n) is 12.0. The maximum Gasteiger partial charge on any atom is 0.0860 e. The van der Waals surface area contributed by atoms with Crippen molar-refractivity contribution >= 4 is 11.6 Å². The van der Waals surface area contributed by atoms with Crippen LogP contribution in [0.1, 0.15) is 31.2 Å². The summed E-state index contributed by atoms with van der Waals surface area (Å²) in [7, 11) is 1.99. The van der Waals surface area contributed by atoms with Crippen molar-refractivity contribution in [1.29, 1.82) is 0 Å². The summed E-state index contributed by atoms with van der Waals surface area (Å²) < 4.78 is 1.94. The van der Waals surface area contributed by atoms with Gasteiger partial charge in [0.25, 0.3) is 0 Å². The monoisotopic (exact) mass is 282 g/mol. The van der Waals surface area contributed by atoms with Gasteiger partial charge in [0, 0.05) is 38.8 Å². The molecule has 2 aliphatic rings. The van der Waals surface area contributed by atoms with Gasteiger partial charge in [0.05, 0.1) is 16.4 Å². The molecule has 1 aromatic heterocycles. The van der Waals surface area contributed by atoms with Crippen LogP contribution in [0.25, 0.3) is 0 Å². The number of hydrogen-bond acceptors (Lipinski definition) is 3. The van der Waals surface area contributed by atoms with E-state index in [0.29, 0.717) is 12.1 Å². The third-order valence-corrected chi connectivity index (χ3v) is 4.93. The van der Waals surface area contributed by atoms with Gasteiger partial charge in [-0.1, -0.05) is 11.6 Å². The van der Waals surface area contributed by atoms with Gasteiger partial charge in [-0.15, -0.1) is 0 Å². The molecule has 2 heterocycles. The number of aromatic nitrogens is 2. The van der Waals surface area contributed by atoms with Crippen molar-refractivity contribution in [3.63, 3.8) is 0 Å². The zero-order valence-corrected chi connectivity index (χ0v) is 12.7. The van der Waals surface area contributed by atoms with Crippen molar-refractivity contribution in [3.05, 3.63) is 16.4 Å². The van der Waals surface area contributed by atoms with E-state index < -0.39 is 0 Å². The third kappa shape index (κ3) is 2.67. The summed E-state index contributed by atoms with van der Waals surface area (Å²) in [6.45, 7) is 7.36. The van der Waals surface area contributed by atoms with Gasteiger partial charge in [-0.25, -0.2) is 0 Å². The molecule has 4 nitrogen and oxygen atoms in total. The molecule has 2 unspecified atom stereocenters. The topological polar surface area (TPSA) is 33.1 Å². The van der Waals surface area contributed by atoms with Crippen molar-refractivity contribution in [1.82, 2.24) is 20.0 Å². The molecule has 1 saturated carbocycles. The molecule has 1 saturated heterocycles. The molecule has 5 heteroatoms. The second-order valence-corrected chi connectivity index (χ2v) is 6.49. The van der Waals surface area contributed by atoms with E-state index in [9.17, 15) is 0 Å². The van der Waals surface area contributed by atoms with Crippen LogP contribution in [0, 0.1) is 12.8 Å². The molecule has 1 aromatic rings. The van der Waals surface area contributed by atoms with Crippen LogP contribution >= 0.6 is 11.6 Å². The van der Waals surface area contributed by atoms with Crippen LogP contribution in [0.2, 0.25) is 5.02 Å². The molecule has 1 N–H and O–H groups in total. The number of piperazine rings is 1. The van der Waals surface area contributed by atoms with Gasteiger partial charge >= 0.3 is 0 Å². The highest BCUT2D eigenvalue weighted by molar-refractivity contribution is 6.31. The van der Waals surface area contributed by atoms with Crippen LogP contribution in [-0.2, 0) is 13.6 Å². The summed E-state index contributed by atoms with van der Waals surface area (Å²) in [4.78, 5) is 2.60. The highest BCUT2D eigenvalue weighted by atomic mass is 35.5. The second kappa shape index (κ2) is 5.08. The fourth-order valence-corrected chi connectivity index (χ4v) is 3.39. The lowest BCUT2D eigenvalue weighted by Gasteiger charge is -2.39. The predicted octanol–water partition coefficient (Wildman–Crippen LogP) is 1.95. The number of nitrogens with one attached hydrogen (secondary N) is 1. The molecule has 0 aromatic carbocycles. The fourth-order valence-electron chi connectivity index (χ4n) is 3.17. The normalized spacial score (nSPS) is 28.8. The van der Waals surface area contributed by atoms with Crippen LogP contribution < -0.4 is 5.32 Å². The lowest BCUT2D eigenvalue weighted by Crippen LogP contribution is -2.56. The quantitative estimate of drug-likeness (QED) is 0.920. The Morgan fingerprint density at radius 2 is 2.16 bits per heavy atom. The van der Waals surface area contributed by atoms with Crippen molar-refractivity contribution in [3.8, 4) is 0 Å². The average molecular weight is 283 g/mol. The molecule has 2 atom stereocenters. The van der Waals surface area contributed by atoms with Gasteiger partial charge in [-0.2, -0.15) is 5.10 Å². The second-order valence-electron chi connectivity index (χ2n) is 6.11. The molecule has 0 amide bonds. The van der Waals surface area contributed by atoms with Crippen molar-refractivity contribution in [2.24, 2.45) is 13.0 Å². The maximum atomic E-state index is 6.39. The molecule has 1 aliphatic carbocycles. The molecule has 1 aliphatic heterocycles. The number of hydrogen-bond donors (Lipinski definition) is 1. The van der Waals surface area contributed by atoms with E-state index in [-0.39, 0.29) is 0 Å². The molecule has 0 spiro atoms. The molecule has 106 valence electrons. The SMILES string of the molecule is Cc1nn(C)c(CN2CC(C)NCC2C2CC2)c1Cl. The Morgan fingerprint density at radius 3 is 2.74 bits per heavy atom. The van der Waals surface area contributed by atoms with Crippen LogP contribution in [0.4, 0.5) is 0 Å². The molecule has 0 radical (unpaired) electrons. The standard InChI is InChI=1S/C14H23ClN4/c1-9-7-19(12(6-16-9)11-4-5-11)8-13-14(15)10(2)17-18(13)3/h9,11-12,16H,4-8H2,1-3H3. The average Bonchev–Trinajstić information content (AvgIpc) is 3.15. The number of halogens is 1. The van der Waals surface area contributed by atoms with Gasteiger partial charge in [0.2, 0.25) is 0 Å². The van der Waals surface area contributed by atoms with E-state index in [0.717, 1.165) is 42.0 Å². The van der Waals surface area contributed by atoms with E-state index in [1.165, 1.54) is 12.8 Å². The van der Waals surface area contributed by atoms with E-state index in [1.807, 2.05) is 18.7 Å². The van der Waals surface area contributed by atoms with E-state index in [2.05, 4.69) is 22.2 Å². The van der Waals surface area contributed by atoms with Crippen LogP contribution in [-0.4, -0.2) is 39.9 Å². The minimum Gasteiger partial charge on any atom is -0.311 e. The Kier molecular flexibility index (Phi) is 3.58. The summed E-state index contributed by atoms with van der Waals surface area (Å²) in [5.74, 6) is 0.882. The molecular formula is C14H23ClN4. The van der Waals surface area contributed by atoms with Crippen LogP contribution in [0.5, 0.6) is 0 Å². The summed E-state index contributed by atoms with van der Waals surface area (Å²) in [6, 6.07) is 1.23. The highest BCUT2D eigenvalue weighted by Gasteiger charge is 2.38. The Bertz CT molecular complexity index is 466. The van der Waals surface area contributed by atoms with Crippen molar-refractivity contribution < 1.29 is 0 Å². The Morgan fingerprint density at radius 1 is 1.42 bits per heavy atom. The first kappa shape index (κ1) is 13.4. The van der Waals surface area contributed by atoms with Crippen molar-refractivity contribution in [2.45, 2.75) is 45.3 Å². The van der Waals surface area contributed by atoms with Gasteiger partial charge in [0.15, 0.2) is 0 Å². The number of aryl methyl sites for hydroxylation is 2. The molecule has 19 heavy (non-hydrogen) atoms. The maximum absolute atomic E-state index is 6.39. The van der Waals surface area contributed by atoms with Crippen LogP contribution in [0.3, 0.4) is 0 Å². The minimum absolute atomic E-state index is 0.558. The third-order valence-electron chi connectivity index (χ3n) is 4.43. The van der Waals surface area contributed by atoms with Crippen LogP contribution in [0.15, 0.2) is 0 Å². The Balaban J connectivity index is 1.78. The van der Waals surface area contributed by atoms with Crippen molar-refractivity contribution in [2.75, 3.05) is 13.1 Å². The molecule has 0 bridgehead atoms. The lowest BCUT2D eigenvalue weighted by molar-refractivity contribution is 0.109. The summed E-state index contributed by atoms with van der Waals surface area (Å²) in [5, 5.41) is 8.87. The predicted molar refractivity (Wildman–Crippen MR) is 77.3 cm³/mol. The minimum atomic E-state index is 0.558. The summed E-state index contributed by atoms with van der Waals surface area (Å²) >= 11 is 6.39. The van der Waals surface area contributed by atoms with Gasteiger partial charge in [-0.05, 0) is 32.6 Å². The molecule has 2 fully saturated rings. The lowest BCUT2D eigenvalue weighted by atomic mass is 10.1. The molecule has 3 rings (SSSR count). The van der Waals surface area contributed by atoms with Gasteiger partial charge in [-0.3, -0.25) is 9.58 Å². The summed E-state index contributed by atoms with van der Waals surface area (Å²) in [5.41, 5.74) is 2.09. The van der Waals surface area contributed by atoms with E-state index in [4.69, 9.17) is 11.6 Å². The number of nitrogens with zero attached hydrogens (tertiary/aromatic N) is 3. The fraction of sp³-hybridized carbons (Fsp3) is 0.786. The van der Waals surface area contributed by atoms with E-state index in [1.54, 1.807) is 0 Å². The molecular weight excluding hydrogens is 260 g/mol. The first-order valence-corrected chi connectivity index (χ1v) is 7.59. The number of rotatable bonds is 3. The van der Waals surface area contributed by atoms with Gasteiger partial charge in [0.1, 0.15) is 0 Å². The first-order valence-electron chi connectivity index (χ1n) is 7.21. The largest absolute Gasteiger partial charge is 0.311 e. The highest BCUT2D eigenvalue weighted by Crippen LogP contribution is 2.37. The smallest absolute Gasteiger partial charge is 0.0860 e. The first-order chi connectivity index (χ1) is 9.06. The summed E-state index contributed by atoms with van der Waals surface area (Å²) in [6.07, 6.45) is 2.77. The zero-order chi connectivity index (χ0) is 13.6. The van der Waals surface area contributed by atoms with Gasteiger partial charge < -0.3 is 5.32 Å².